The first-order chi connectivity index (χ1) is 14.5. The molecule has 0 aliphatic heterocycles. The summed E-state index contributed by atoms with van der Waals surface area (Å²) in [6.45, 7) is 2.88. The van der Waals surface area contributed by atoms with E-state index in [1.807, 2.05) is 49.4 Å². The molecule has 5 heteroatoms. The zero-order valence-electron chi connectivity index (χ0n) is 17.3. The van der Waals surface area contributed by atoms with Crippen molar-refractivity contribution in [1.29, 1.82) is 0 Å². The Morgan fingerprint density at radius 2 is 1.80 bits per heavy atom. The zero-order chi connectivity index (χ0) is 21.1. The molecule has 0 saturated heterocycles. The first kappa shape index (κ1) is 21.5. The lowest BCUT2D eigenvalue weighted by Crippen LogP contribution is -2.46. The van der Waals surface area contributed by atoms with Crippen molar-refractivity contribution >= 4 is 21.9 Å². The molecule has 2 aliphatic rings. The van der Waals surface area contributed by atoms with Crippen LogP contribution in [0.4, 0.5) is 0 Å². The summed E-state index contributed by atoms with van der Waals surface area (Å²) in [6, 6.07) is 17.9. The highest BCUT2D eigenvalue weighted by atomic mass is 79.9. The fourth-order valence-corrected chi connectivity index (χ4v) is 5.13. The molecule has 0 radical (unpaired) electrons. The van der Waals surface area contributed by atoms with E-state index in [9.17, 15) is 9.90 Å². The fourth-order valence-electron chi connectivity index (χ4n) is 4.87. The molecule has 2 saturated carbocycles. The molecule has 2 aromatic rings. The number of hydrogen-bond donors (Lipinski definition) is 1. The minimum atomic E-state index is -0.778. The molecule has 2 aromatic carbocycles. The Morgan fingerprint density at radius 1 is 1.10 bits per heavy atom. The van der Waals surface area contributed by atoms with E-state index in [0.29, 0.717) is 13.0 Å². The van der Waals surface area contributed by atoms with Gasteiger partial charge < -0.3 is 14.6 Å². The van der Waals surface area contributed by atoms with Crippen LogP contribution in [0.3, 0.4) is 0 Å². The first-order valence-corrected chi connectivity index (χ1v) is 11.6. The van der Waals surface area contributed by atoms with Crippen LogP contribution < -0.4 is 0 Å². The van der Waals surface area contributed by atoms with Crippen LogP contribution in [-0.4, -0.2) is 29.4 Å². The summed E-state index contributed by atoms with van der Waals surface area (Å²) >= 11 is 3.50. The van der Waals surface area contributed by atoms with Crippen molar-refractivity contribution in [3.8, 4) is 0 Å². The Bertz CT molecular complexity index is 847. The number of esters is 1. The van der Waals surface area contributed by atoms with E-state index in [4.69, 9.17) is 9.47 Å². The summed E-state index contributed by atoms with van der Waals surface area (Å²) < 4.78 is 12.8. The van der Waals surface area contributed by atoms with Crippen molar-refractivity contribution in [2.24, 2.45) is 11.8 Å². The Kier molecular flexibility index (Phi) is 6.61. The van der Waals surface area contributed by atoms with Crippen molar-refractivity contribution in [1.82, 2.24) is 0 Å². The van der Waals surface area contributed by atoms with Crippen molar-refractivity contribution in [3.05, 3.63) is 70.2 Å². The van der Waals surface area contributed by atoms with E-state index in [1.54, 1.807) is 0 Å². The number of hydrogen-bond acceptors (Lipinski definition) is 4. The molecule has 4 nitrogen and oxygen atoms in total. The second-order valence-corrected chi connectivity index (χ2v) is 9.45. The van der Waals surface area contributed by atoms with Gasteiger partial charge >= 0.3 is 5.97 Å². The summed E-state index contributed by atoms with van der Waals surface area (Å²) in [5.41, 5.74) is 1.29. The van der Waals surface area contributed by atoms with Gasteiger partial charge in [0.15, 0.2) is 0 Å². The first-order valence-electron chi connectivity index (χ1n) is 10.8. The summed E-state index contributed by atoms with van der Waals surface area (Å²) in [7, 11) is 0. The van der Waals surface area contributed by atoms with Crippen molar-refractivity contribution in [2.45, 2.75) is 56.8 Å². The number of rotatable bonds is 7. The van der Waals surface area contributed by atoms with Crippen molar-refractivity contribution in [2.75, 3.05) is 6.61 Å². The normalized spacial score (nSPS) is 27.4. The van der Waals surface area contributed by atoms with Gasteiger partial charge in [0, 0.05) is 17.0 Å². The molecule has 1 N–H and O–H groups in total. The molecule has 0 amide bonds. The highest BCUT2D eigenvalue weighted by Gasteiger charge is 2.57. The monoisotopic (exact) mass is 472 g/mol. The lowest BCUT2D eigenvalue weighted by Gasteiger charge is -2.43. The lowest BCUT2D eigenvalue weighted by molar-refractivity contribution is -0.160. The molecule has 0 heterocycles. The van der Waals surface area contributed by atoms with Crippen LogP contribution in [0.1, 0.15) is 49.7 Å². The maximum absolute atomic E-state index is 13.4. The van der Waals surface area contributed by atoms with E-state index in [-0.39, 0.29) is 36.4 Å². The van der Waals surface area contributed by atoms with Crippen molar-refractivity contribution < 1.29 is 19.4 Å². The Labute approximate surface area is 186 Å². The van der Waals surface area contributed by atoms with Crippen LogP contribution in [0.2, 0.25) is 0 Å². The molecule has 30 heavy (non-hydrogen) atoms. The molecule has 0 unspecified atom stereocenters. The molecular weight excluding hydrogens is 444 g/mol. The second-order valence-electron chi connectivity index (χ2n) is 8.54. The minimum absolute atomic E-state index is 0.0384. The lowest BCUT2D eigenvalue weighted by atomic mass is 9.65. The van der Waals surface area contributed by atoms with Crippen LogP contribution >= 0.6 is 15.9 Å². The average molecular weight is 473 g/mol. The third-order valence-electron chi connectivity index (χ3n) is 6.55. The number of aliphatic hydroxyl groups is 1. The fraction of sp³-hybridized carbons (Fsp3) is 0.480. The summed E-state index contributed by atoms with van der Waals surface area (Å²) in [5.74, 6) is -0.785. The van der Waals surface area contributed by atoms with E-state index < -0.39 is 5.60 Å². The van der Waals surface area contributed by atoms with E-state index in [0.717, 1.165) is 34.9 Å². The average Bonchev–Trinajstić information content (AvgIpc) is 3.51. The number of ether oxygens (including phenoxy) is 2. The van der Waals surface area contributed by atoms with Gasteiger partial charge in [-0.05, 0) is 61.8 Å². The van der Waals surface area contributed by atoms with Gasteiger partial charge in [-0.15, -0.1) is 0 Å². The minimum Gasteiger partial charge on any atom is -0.461 e. The predicted octanol–water partition coefficient (Wildman–Crippen LogP) is 5.23. The number of halogens is 1. The molecular formula is C25H29BrO4. The van der Waals surface area contributed by atoms with Gasteiger partial charge in [-0.1, -0.05) is 58.4 Å². The highest BCUT2D eigenvalue weighted by Crippen LogP contribution is 2.55. The van der Waals surface area contributed by atoms with E-state index in [2.05, 4.69) is 28.1 Å². The summed E-state index contributed by atoms with van der Waals surface area (Å²) in [5, 5.41) is 11.1. The van der Waals surface area contributed by atoms with E-state index in [1.165, 1.54) is 0 Å². The highest BCUT2D eigenvalue weighted by molar-refractivity contribution is 9.10. The smallest absolute Gasteiger partial charge is 0.310 e. The molecule has 160 valence electrons. The largest absolute Gasteiger partial charge is 0.461 e. The van der Waals surface area contributed by atoms with Gasteiger partial charge in [-0.25, -0.2) is 0 Å². The molecule has 0 aromatic heterocycles. The molecule has 2 fully saturated rings. The van der Waals surface area contributed by atoms with Gasteiger partial charge in [0.2, 0.25) is 0 Å². The topological polar surface area (TPSA) is 55.8 Å². The van der Waals surface area contributed by atoms with Gasteiger partial charge in [0.25, 0.3) is 0 Å². The van der Waals surface area contributed by atoms with Crippen LogP contribution in [0.5, 0.6) is 0 Å². The van der Waals surface area contributed by atoms with Crippen LogP contribution in [-0.2, 0) is 20.9 Å². The van der Waals surface area contributed by atoms with Crippen molar-refractivity contribution in [3.63, 3.8) is 0 Å². The zero-order valence-corrected chi connectivity index (χ0v) is 18.9. The Hall–Kier alpha value is -1.69. The van der Waals surface area contributed by atoms with Crippen LogP contribution in [0.15, 0.2) is 59.1 Å². The summed E-state index contributed by atoms with van der Waals surface area (Å²) in [6.07, 6.45) is 2.98. The summed E-state index contributed by atoms with van der Waals surface area (Å²) in [4.78, 5) is 13.4. The molecule has 4 rings (SSSR count). The third kappa shape index (κ3) is 4.79. The number of carbonyl (C=O) groups excluding carboxylic acids is 1. The second kappa shape index (κ2) is 9.21. The van der Waals surface area contributed by atoms with E-state index >= 15 is 0 Å². The maximum Gasteiger partial charge on any atom is 0.310 e. The van der Waals surface area contributed by atoms with Gasteiger partial charge in [-0.3, -0.25) is 4.79 Å². The quantitative estimate of drug-likeness (QED) is 0.560. The SMILES string of the molecule is CCO[C@@H]1C[C@H](c2ccc(Br)cc2)[C@@H](C(=O)OCc2ccccc2)[C@H](C2(O)CC2)C1. The predicted molar refractivity (Wildman–Crippen MR) is 119 cm³/mol. The van der Waals surface area contributed by atoms with Crippen LogP contribution in [0.25, 0.3) is 0 Å². The Morgan fingerprint density at radius 3 is 2.43 bits per heavy atom. The standard InChI is InChI=1S/C25H29BrO4/c1-2-29-20-14-21(18-8-10-19(26)11-9-18)23(22(15-20)25(28)12-13-25)24(27)30-16-17-6-4-3-5-7-17/h3-11,20-23,28H,2,12-16H2,1H3/t20-,21-,22-,23-/m1/s1. The number of carbonyl (C=O) groups is 1. The Balaban J connectivity index is 1.62. The van der Waals surface area contributed by atoms with Gasteiger partial charge in [-0.2, -0.15) is 0 Å². The molecule has 2 aliphatic carbocycles. The third-order valence-corrected chi connectivity index (χ3v) is 7.08. The van der Waals surface area contributed by atoms with Gasteiger partial charge in [0.05, 0.1) is 17.6 Å². The van der Waals surface area contributed by atoms with Gasteiger partial charge in [0.1, 0.15) is 6.61 Å². The maximum atomic E-state index is 13.4. The van der Waals surface area contributed by atoms with Crippen LogP contribution in [0, 0.1) is 11.8 Å². The molecule has 4 atom stereocenters. The number of benzene rings is 2. The molecule has 0 bridgehead atoms. The molecule has 0 spiro atoms.